The van der Waals surface area contributed by atoms with Gasteiger partial charge < -0.3 is 15.0 Å². The second kappa shape index (κ2) is 7.48. The Morgan fingerprint density at radius 3 is 2.77 bits per heavy atom. The molecule has 0 aliphatic carbocycles. The Labute approximate surface area is 129 Å². The number of nitrogens with zero attached hydrogens (tertiary/aromatic N) is 3. The molecular weight excluding hydrogens is 286 g/mol. The molecule has 2 fully saturated rings. The summed E-state index contributed by atoms with van der Waals surface area (Å²) in [4.78, 5) is 27.8. The van der Waals surface area contributed by atoms with Crippen LogP contribution >= 0.6 is 0 Å². The summed E-state index contributed by atoms with van der Waals surface area (Å²) >= 11 is 0. The van der Waals surface area contributed by atoms with E-state index in [0.717, 1.165) is 45.4 Å². The van der Waals surface area contributed by atoms with Crippen molar-refractivity contribution in [1.29, 1.82) is 0 Å². The zero-order chi connectivity index (χ0) is 15.2. The topological polar surface area (TPSA) is 88.6 Å². The minimum Gasteiger partial charge on any atom is -0.350 e. The van der Waals surface area contributed by atoms with Gasteiger partial charge in [-0.15, -0.1) is 0 Å². The second-order valence-electron chi connectivity index (χ2n) is 5.35. The Morgan fingerprint density at radius 1 is 1.32 bits per heavy atom. The van der Waals surface area contributed by atoms with E-state index in [0.29, 0.717) is 18.1 Å². The third-order valence-corrected chi connectivity index (χ3v) is 3.72. The minimum atomic E-state index is -0.362. The number of aromatic nitrogens is 2. The molecule has 8 heteroatoms. The van der Waals surface area contributed by atoms with Crippen LogP contribution < -0.4 is 15.7 Å². The maximum Gasteiger partial charge on any atom is 0.278 e. The lowest BCUT2D eigenvalue weighted by molar-refractivity contribution is -0.186. The van der Waals surface area contributed by atoms with Crippen LogP contribution in [0.4, 0.5) is 5.95 Å². The maximum absolute atomic E-state index is 12.0. The number of rotatable bonds is 4. The predicted molar refractivity (Wildman–Crippen MR) is 79.3 cm³/mol. The van der Waals surface area contributed by atoms with Crippen LogP contribution in [0, 0.1) is 0 Å². The van der Waals surface area contributed by atoms with E-state index in [1.54, 1.807) is 0 Å². The molecule has 3 rings (SSSR count). The van der Waals surface area contributed by atoms with Gasteiger partial charge in [0, 0.05) is 51.6 Å². The van der Waals surface area contributed by atoms with Crippen LogP contribution in [0.5, 0.6) is 0 Å². The fraction of sp³-hybridized carbons (Fsp3) is 0.643. The van der Waals surface area contributed by atoms with Crippen molar-refractivity contribution in [2.75, 3.05) is 37.7 Å². The first-order valence-corrected chi connectivity index (χ1v) is 7.68. The molecule has 1 amide bonds. The first-order valence-electron chi connectivity index (χ1n) is 7.68. The molecule has 2 N–H and O–H groups in total. The van der Waals surface area contributed by atoms with Crippen LogP contribution in [0.3, 0.4) is 0 Å². The van der Waals surface area contributed by atoms with Gasteiger partial charge in [-0.1, -0.05) is 0 Å². The Balaban J connectivity index is 1.51. The van der Waals surface area contributed by atoms with E-state index in [1.807, 2.05) is 0 Å². The molecule has 8 nitrogen and oxygen atoms in total. The van der Waals surface area contributed by atoms with Crippen molar-refractivity contribution in [1.82, 2.24) is 20.8 Å². The average molecular weight is 307 g/mol. The summed E-state index contributed by atoms with van der Waals surface area (Å²) in [6.45, 7) is 4.24. The summed E-state index contributed by atoms with van der Waals surface area (Å²) < 4.78 is 5.38. The van der Waals surface area contributed by atoms with Crippen molar-refractivity contribution in [2.45, 2.75) is 25.6 Å². The second-order valence-corrected chi connectivity index (χ2v) is 5.35. The number of carbonyl (C=O) groups is 1. The molecule has 22 heavy (non-hydrogen) atoms. The summed E-state index contributed by atoms with van der Waals surface area (Å²) in [5, 5.41) is 3.27. The quantitative estimate of drug-likeness (QED) is 0.761. The first-order chi connectivity index (χ1) is 10.8. The number of piperazine rings is 1. The highest BCUT2D eigenvalue weighted by atomic mass is 16.8. The molecule has 3 heterocycles. The van der Waals surface area contributed by atoms with Gasteiger partial charge in [-0.2, -0.15) is 0 Å². The van der Waals surface area contributed by atoms with Crippen molar-refractivity contribution < 1.29 is 14.4 Å². The molecule has 0 radical (unpaired) electrons. The van der Waals surface area contributed by atoms with E-state index < -0.39 is 0 Å². The monoisotopic (exact) mass is 307 g/mol. The zero-order valence-corrected chi connectivity index (χ0v) is 12.5. The third kappa shape index (κ3) is 3.90. The lowest BCUT2D eigenvalue weighted by atomic mass is 10.2. The molecular formula is C14H21N5O3. The van der Waals surface area contributed by atoms with E-state index in [9.17, 15) is 4.79 Å². The molecule has 1 aromatic heterocycles. The maximum atomic E-state index is 12.0. The molecule has 0 spiro atoms. The molecule has 2 saturated heterocycles. The number of ether oxygens (including phenoxy) is 1. The van der Waals surface area contributed by atoms with Crippen LogP contribution in [0.1, 0.15) is 29.6 Å². The van der Waals surface area contributed by atoms with Gasteiger partial charge in [0.05, 0.1) is 5.56 Å². The summed E-state index contributed by atoms with van der Waals surface area (Å²) in [5.41, 5.74) is 2.77. The predicted octanol–water partition coefficient (Wildman–Crippen LogP) is 0.0742. The zero-order valence-electron chi connectivity index (χ0n) is 12.5. The summed E-state index contributed by atoms with van der Waals surface area (Å²) in [5.74, 6) is 0.288. The number of hydrogen-bond donors (Lipinski definition) is 2. The third-order valence-electron chi connectivity index (χ3n) is 3.72. The van der Waals surface area contributed by atoms with Gasteiger partial charge in [0.25, 0.3) is 5.91 Å². The number of amides is 1. The number of anilines is 1. The Bertz CT molecular complexity index is 484. The van der Waals surface area contributed by atoms with E-state index in [1.165, 1.54) is 12.4 Å². The molecule has 1 unspecified atom stereocenters. The van der Waals surface area contributed by atoms with Crippen LogP contribution in [0.25, 0.3) is 0 Å². The average Bonchev–Trinajstić information content (AvgIpc) is 2.61. The van der Waals surface area contributed by atoms with Crippen molar-refractivity contribution in [3.8, 4) is 0 Å². The van der Waals surface area contributed by atoms with Gasteiger partial charge in [0.15, 0.2) is 6.29 Å². The number of nitrogens with one attached hydrogen (secondary N) is 2. The first kappa shape index (κ1) is 15.1. The molecule has 2 aliphatic heterocycles. The SMILES string of the molecule is O=C(NOC1CCCCO1)c1cnc(N2CCNCC2)nc1. The summed E-state index contributed by atoms with van der Waals surface area (Å²) in [7, 11) is 0. The lowest BCUT2D eigenvalue weighted by Gasteiger charge is -2.27. The Kier molecular flexibility index (Phi) is 5.15. The molecule has 1 aromatic rings. The highest BCUT2D eigenvalue weighted by Gasteiger charge is 2.17. The highest BCUT2D eigenvalue weighted by molar-refractivity contribution is 5.92. The van der Waals surface area contributed by atoms with Crippen LogP contribution in [0.2, 0.25) is 0 Å². The van der Waals surface area contributed by atoms with Gasteiger partial charge >= 0.3 is 0 Å². The standard InChI is InChI=1S/C14H21N5O3/c20-13(18-22-12-3-1-2-8-21-12)11-9-16-14(17-10-11)19-6-4-15-5-7-19/h9-10,12,15H,1-8H2,(H,18,20). The molecule has 0 bridgehead atoms. The Morgan fingerprint density at radius 2 is 2.09 bits per heavy atom. The van der Waals surface area contributed by atoms with Gasteiger partial charge in [-0.05, 0) is 12.8 Å². The number of carbonyl (C=O) groups excluding carboxylic acids is 1. The van der Waals surface area contributed by atoms with E-state index in [2.05, 4.69) is 25.7 Å². The number of hydrogen-bond acceptors (Lipinski definition) is 7. The van der Waals surface area contributed by atoms with Gasteiger partial charge in [-0.25, -0.2) is 20.3 Å². The minimum absolute atomic E-state index is 0.360. The molecule has 2 aliphatic rings. The summed E-state index contributed by atoms with van der Waals surface area (Å²) in [6, 6.07) is 0. The van der Waals surface area contributed by atoms with E-state index in [4.69, 9.17) is 9.57 Å². The lowest BCUT2D eigenvalue weighted by Crippen LogP contribution is -2.44. The highest BCUT2D eigenvalue weighted by Crippen LogP contribution is 2.13. The largest absolute Gasteiger partial charge is 0.350 e. The smallest absolute Gasteiger partial charge is 0.278 e. The van der Waals surface area contributed by atoms with E-state index in [-0.39, 0.29) is 12.2 Å². The normalized spacial score (nSPS) is 22.4. The molecule has 0 aromatic carbocycles. The van der Waals surface area contributed by atoms with Gasteiger partial charge in [-0.3, -0.25) is 4.79 Å². The van der Waals surface area contributed by atoms with Crippen LogP contribution in [-0.4, -0.2) is 55.0 Å². The molecule has 120 valence electrons. The van der Waals surface area contributed by atoms with Crippen LogP contribution in [-0.2, 0) is 9.57 Å². The van der Waals surface area contributed by atoms with E-state index >= 15 is 0 Å². The molecule has 0 saturated carbocycles. The number of hydroxylamine groups is 1. The van der Waals surface area contributed by atoms with Crippen LogP contribution in [0.15, 0.2) is 12.4 Å². The van der Waals surface area contributed by atoms with Crippen molar-refractivity contribution in [2.24, 2.45) is 0 Å². The van der Waals surface area contributed by atoms with Gasteiger partial charge in [0.1, 0.15) is 0 Å². The summed E-state index contributed by atoms with van der Waals surface area (Å²) in [6.07, 6.45) is 5.55. The van der Waals surface area contributed by atoms with Crippen molar-refractivity contribution in [3.63, 3.8) is 0 Å². The molecule has 1 atom stereocenters. The van der Waals surface area contributed by atoms with Gasteiger partial charge in [0.2, 0.25) is 5.95 Å². The van der Waals surface area contributed by atoms with Crippen molar-refractivity contribution in [3.05, 3.63) is 18.0 Å². The fourth-order valence-corrected chi connectivity index (χ4v) is 2.45. The fourth-order valence-electron chi connectivity index (χ4n) is 2.45. The van der Waals surface area contributed by atoms with Crippen molar-refractivity contribution >= 4 is 11.9 Å². The Hall–Kier alpha value is -1.77.